The van der Waals surface area contributed by atoms with Crippen LogP contribution in [-0.4, -0.2) is 24.4 Å². The van der Waals surface area contributed by atoms with Gasteiger partial charge in [-0.25, -0.2) is 0 Å². The molecule has 2 rings (SSSR count). The Labute approximate surface area is 158 Å². The van der Waals surface area contributed by atoms with Crippen LogP contribution in [0.5, 0.6) is 11.5 Å². The van der Waals surface area contributed by atoms with E-state index in [1.807, 2.05) is 31.2 Å². The lowest BCUT2D eigenvalue weighted by molar-refractivity contribution is 0.191. The highest BCUT2D eigenvalue weighted by Crippen LogP contribution is 2.30. The maximum atomic E-state index is 9.30. The Morgan fingerprint density at radius 1 is 1.00 bits per heavy atom. The van der Waals surface area contributed by atoms with Crippen LogP contribution in [0.2, 0.25) is 10.0 Å². The van der Waals surface area contributed by atoms with Gasteiger partial charge in [-0.15, -0.1) is 0 Å². The SMILES string of the molecule is CCOc1cc(CNCC(C)O)ccc1OCc1ccc(Cl)c(Cl)c1. The Morgan fingerprint density at radius 2 is 1.76 bits per heavy atom. The standard InChI is InChI=1S/C19H23Cl2NO3/c1-3-24-19-9-14(11-22-10-13(2)23)5-7-18(19)25-12-15-4-6-16(20)17(21)8-15/h4-9,13,22-23H,3,10-12H2,1-2H3. The first kappa shape index (κ1) is 19.9. The maximum Gasteiger partial charge on any atom is 0.161 e. The third-order valence-electron chi connectivity index (χ3n) is 3.46. The van der Waals surface area contributed by atoms with Gasteiger partial charge in [0.05, 0.1) is 22.8 Å². The van der Waals surface area contributed by atoms with E-state index in [0.29, 0.717) is 47.8 Å². The normalized spacial score (nSPS) is 12.0. The summed E-state index contributed by atoms with van der Waals surface area (Å²) in [6, 6.07) is 11.2. The van der Waals surface area contributed by atoms with Gasteiger partial charge in [-0.2, -0.15) is 0 Å². The summed E-state index contributed by atoms with van der Waals surface area (Å²) in [6.07, 6.45) is -0.375. The number of nitrogens with one attached hydrogen (secondary N) is 1. The van der Waals surface area contributed by atoms with Crippen molar-refractivity contribution in [2.75, 3.05) is 13.2 Å². The molecule has 0 aliphatic carbocycles. The van der Waals surface area contributed by atoms with E-state index < -0.39 is 0 Å². The van der Waals surface area contributed by atoms with Crippen LogP contribution in [0.1, 0.15) is 25.0 Å². The van der Waals surface area contributed by atoms with Gasteiger partial charge in [-0.05, 0) is 49.2 Å². The molecule has 6 heteroatoms. The minimum absolute atomic E-state index is 0.372. The van der Waals surface area contributed by atoms with Gasteiger partial charge in [0, 0.05) is 13.1 Å². The number of hydrogen-bond acceptors (Lipinski definition) is 4. The topological polar surface area (TPSA) is 50.7 Å². The third-order valence-corrected chi connectivity index (χ3v) is 4.19. The van der Waals surface area contributed by atoms with Gasteiger partial charge in [-0.1, -0.05) is 35.3 Å². The number of hydrogen-bond donors (Lipinski definition) is 2. The molecule has 2 aromatic rings. The molecule has 0 aliphatic rings. The largest absolute Gasteiger partial charge is 0.490 e. The summed E-state index contributed by atoms with van der Waals surface area (Å²) in [5, 5.41) is 13.5. The Bertz CT molecular complexity index is 692. The van der Waals surface area contributed by atoms with Crippen LogP contribution in [0.4, 0.5) is 0 Å². The smallest absolute Gasteiger partial charge is 0.161 e. The van der Waals surface area contributed by atoms with E-state index in [0.717, 1.165) is 11.1 Å². The van der Waals surface area contributed by atoms with E-state index in [2.05, 4.69) is 5.32 Å². The molecule has 0 radical (unpaired) electrons. The molecule has 0 spiro atoms. The lowest BCUT2D eigenvalue weighted by Gasteiger charge is -2.14. The van der Waals surface area contributed by atoms with Gasteiger partial charge in [-0.3, -0.25) is 0 Å². The van der Waals surface area contributed by atoms with Crippen LogP contribution in [0.15, 0.2) is 36.4 Å². The zero-order valence-corrected chi connectivity index (χ0v) is 15.9. The quantitative estimate of drug-likeness (QED) is 0.671. The molecule has 25 heavy (non-hydrogen) atoms. The lowest BCUT2D eigenvalue weighted by atomic mass is 10.2. The minimum Gasteiger partial charge on any atom is -0.490 e. The van der Waals surface area contributed by atoms with Gasteiger partial charge in [0.2, 0.25) is 0 Å². The van der Waals surface area contributed by atoms with E-state index >= 15 is 0 Å². The summed E-state index contributed by atoms with van der Waals surface area (Å²) >= 11 is 12.0. The second-order valence-electron chi connectivity index (χ2n) is 5.73. The number of ether oxygens (including phenoxy) is 2. The Kier molecular flexibility index (Phi) is 7.85. The van der Waals surface area contributed by atoms with Crippen LogP contribution < -0.4 is 14.8 Å². The van der Waals surface area contributed by atoms with E-state index in [9.17, 15) is 5.11 Å². The Hall–Kier alpha value is -1.46. The number of aliphatic hydroxyl groups excluding tert-OH is 1. The zero-order chi connectivity index (χ0) is 18.2. The van der Waals surface area contributed by atoms with Crippen molar-refractivity contribution in [2.45, 2.75) is 33.1 Å². The molecule has 1 unspecified atom stereocenters. The van der Waals surface area contributed by atoms with Crippen LogP contribution in [0.3, 0.4) is 0 Å². The van der Waals surface area contributed by atoms with E-state index in [-0.39, 0.29) is 6.10 Å². The Balaban J connectivity index is 2.04. The van der Waals surface area contributed by atoms with E-state index in [4.69, 9.17) is 32.7 Å². The summed E-state index contributed by atoms with van der Waals surface area (Å²) in [6.45, 7) is 5.79. The lowest BCUT2D eigenvalue weighted by Crippen LogP contribution is -2.23. The fraction of sp³-hybridized carbons (Fsp3) is 0.368. The summed E-state index contributed by atoms with van der Waals surface area (Å²) in [4.78, 5) is 0. The molecule has 136 valence electrons. The van der Waals surface area contributed by atoms with Crippen molar-refractivity contribution >= 4 is 23.2 Å². The molecule has 0 heterocycles. The van der Waals surface area contributed by atoms with Gasteiger partial charge in [0.25, 0.3) is 0 Å². The highest BCUT2D eigenvalue weighted by Gasteiger charge is 2.08. The fourth-order valence-corrected chi connectivity index (χ4v) is 2.59. The van der Waals surface area contributed by atoms with Crippen LogP contribution >= 0.6 is 23.2 Å². The van der Waals surface area contributed by atoms with Crippen molar-refractivity contribution in [3.63, 3.8) is 0 Å². The molecule has 0 bridgehead atoms. The van der Waals surface area contributed by atoms with Crippen molar-refractivity contribution in [3.05, 3.63) is 57.6 Å². The molecule has 0 fully saturated rings. The number of aliphatic hydroxyl groups is 1. The number of rotatable bonds is 9. The summed E-state index contributed by atoms with van der Waals surface area (Å²) in [7, 11) is 0. The molecular formula is C19H23Cl2NO3. The fourth-order valence-electron chi connectivity index (χ4n) is 2.27. The third kappa shape index (κ3) is 6.40. The minimum atomic E-state index is -0.375. The van der Waals surface area contributed by atoms with Gasteiger partial charge >= 0.3 is 0 Å². The molecule has 0 aliphatic heterocycles. The summed E-state index contributed by atoms with van der Waals surface area (Å²) < 4.78 is 11.6. The summed E-state index contributed by atoms with van der Waals surface area (Å²) in [5.74, 6) is 1.37. The van der Waals surface area contributed by atoms with Gasteiger partial charge in [0.15, 0.2) is 11.5 Å². The molecule has 1 atom stereocenters. The first-order valence-corrected chi connectivity index (χ1v) is 8.96. The highest BCUT2D eigenvalue weighted by atomic mass is 35.5. The monoisotopic (exact) mass is 383 g/mol. The molecule has 0 amide bonds. The van der Waals surface area contributed by atoms with Crippen molar-refractivity contribution in [2.24, 2.45) is 0 Å². The van der Waals surface area contributed by atoms with Crippen LogP contribution in [-0.2, 0) is 13.2 Å². The molecule has 0 aromatic heterocycles. The van der Waals surface area contributed by atoms with Crippen molar-refractivity contribution < 1.29 is 14.6 Å². The predicted molar refractivity (Wildman–Crippen MR) is 102 cm³/mol. The highest BCUT2D eigenvalue weighted by molar-refractivity contribution is 6.42. The summed E-state index contributed by atoms with van der Waals surface area (Å²) in [5.41, 5.74) is 1.99. The van der Waals surface area contributed by atoms with Gasteiger partial charge < -0.3 is 19.9 Å². The average molecular weight is 384 g/mol. The zero-order valence-electron chi connectivity index (χ0n) is 14.4. The first-order chi connectivity index (χ1) is 12.0. The predicted octanol–water partition coefficient (Wildman–Crippen LogP) is 4.44. The van der Waals surface area contributed by atoms with Crippen molar-refractivity contribution in [1.29, 1.82) is 0 Å². The number of benzene rings is 2. The molecule has 2 N–H and O–H groups in total. The van der Waals surface area contributed by atoms with Gasteiger partial charge in [0.1, 0.15) is 6.61 Å². The first-order valence-electron chi connectivity index (χ1n) is 8.20. The van der Waals surface area contributed by atoms with E-state index in [1.54, 1.807) is 19.1 Å². The second-order valence-corrected chi connectivity index (χ2v) is 6.55. The molecule has 4 nitrogen and oxygen atoms in total. The second kappa shape index (κ2) is 9.88. The molecule has 2 aromatic carbocycles. The van der Waals surface area contributed by atoms with E-state index in [1.165, 1.54) is 0 Å². The maximum absolute atomic E-state index is 9.30. The molecule has 0 saturated carbocycles. The van der Waals surface area contributed by atoms with Crippen LogP contribution in [0.25, 0.3) is 0 Å². The van der Waals surface area contributed by atoms with Crippen molar-refractivity contribution in [3.8, 4) is 11.5 Å². The van der Waals surface area contributed by atoms with Crippen LogP contribution in [0, 0.1) is 0 Å². The van der Waals surface area contributed by atoms with Crippen molar-refractivity contribution in [1.82, 2.24) is 5.32 Å². The Morgan fingerprint density at radius 3 is 2.44 bits per heavy atom. The molecule has 0 saturated heterocycles. The molecular weight excluding hydrogens is 361 g/mol. The average Bonchev–Trinajstić information content (AvgIpc) is 2.57. The number of halogens is 2.